The minimum atomic E-state index is -3.35. The summed E-state index contributed by atoms with van der Waals surface area (Å²) in [6, 6.07) is 6.84. The lowest BCUT2D eigenvalue weighted by molar-refractivity contribution is -0.110. The molecule has 0 radical (unpaired) electrons. The molecule has 2 heterocycles. The first-order valence-corrected chi connectivity index (χ1v) is 11.0. The second-order valence-electron chi connectivity index (χ2n) is 7.56. The summed E-state index contributed by atoms with van der Waals surface area (Å²) in [4.78, 5) is 18.1. The van der Waals surface area contributed by atoms with Crippen molar-refractivity contribution in [1.82, 2.24) is 4.31 Å². The SMILES string of the molecule is CC(C)CS(=O)(=O)N1CCC[C@]2(CC(C(=O)Nc3cccc(Cl)c3)=NO2)C1. The molecule has 9 heteroatoms. The van der Waals surface area contributed by atoms with Crippen molar-refractivity contribution in [3.05, 3.63) is 29.3 Å². The summed E-state index contributed by atoms with van der Waals surface area (Å²) in [5.41, 5.74) is 0.0718. The van der Waals surface area contributed by atoms with Crippen LogP contribution in [-0.4, -0.2) is 48.8 Å². The van der Waals surface area contributed by atoms with Crippen molar-refractivity contribution in [2.24, 2.45) is 11.1 Å². The third-order valence-corrected chi connectivity index (χ3v) is 7.05. The smallest absolute Gasteiger partial charge is 0.273 e. The van der Waals surface area contributed by atoms with Crippen LogP contribution in [0, 0.1) is 5.92 Å². The van der Waals surface area contributed by atoms with Crippen molar-refractivity contribution in [1.29, 1.82) is 0 Å². The fraction of sp³-hybridized carbons (Fsp3) is 0.556. The predicted molar refractivity (Wildman–Crippen MR) is 105 cm³/mol. The van der Waals surface area contributed by atoms with E-state index in [0.717, 1.165) is 0 Å². The van der Waals surface area contributed by atoms with Crippen molar-refractivity contribution in [3.63, 3.8) is 0 Å². The summed E-state index contributed by atoms with van der Waals surface area (Å²) in [5.74, 6) is -0.213. The molecule has 1 spiro atoms. The van der Waals surface area contributed by atoms with Crippen LogP contribution >= 0.6 is 11.6 Å². The normalized spacial score (nSPS) is 23.3. The first-order valence-electron chi connectivity index (χ1n) is 8.99. The molecular formula is C18H24ClN3O4S. The molecule has 0 unspecified atom stereocenters. The van der Waals surface area contributed by atoms with Gasteiger partial charge >= 0.3 is 0 Å². The average molecular weight is 414 g/mol. The molecule has 1 aromatic carbocycles. The van der Waals surface area contributed by atoms with Crippen LogP contribution in [0.25, 0.3) is 0 Å². The minimum absolute atomic E-state index is 0.0488. The molecule has 1 amide bonds. The number of carbonyl (C=O) groups excluding carboxylic acids is 1. The van der Waals surface area contributed by atoms with Crippen LogP contribution in [0.15, 0.2) is 29.4 Å². The minimum Gasteiger partial charge on any atom is -0.387 e. The van der Waals surface area contributed by atoms with Gasteiger partial charge in [-0.1, -0.05) is 36.7 Å². The van der Waals surface area contributed by atoms with Gasteiger partial charge in [-0.15, -0.1) is 0 Å². The van der Waals surface area contributed by atoms with E-state index in [1.807, 2.05) is 13.8 Å². The third kappa shape index (κ3) is 4.80. The summed E-state index contributed by atoms with van der Waals surface area (Å²) in [7, 11) is -3.35. The number of hydrogen-bond donors (Lipinski definition) is 1. The van der Waals surface area contributed by atoms with Crippen LogP contribution in [0.5, 0.6) is 0 Å². The van der Waals surface area contributed by atoms with Gasteiger partial charge in [0.25, 0.3) is 5.91 Å². The molecule has 1 atom stereocenters. The summed E-state index contributed by atoms with van der Waals surface area (Å²) in [6.45, 7) is 4.46. The van der Waals surface area contributed by atoms with Gasteiger partial charge in [0.15, 0.2) is 5.60 Å². The van der Waals surface area contributed by atoms with Gasteiger partial charge in [0.2, 0.25) is 10.0 Å². The molecule has 148 valence electrons. The quantitative estimate of drug-likeness (QED) is 0.803. The Bertz CT molecular complexity index is 856. The molecule has 0 aromatic heterocycles. The van der Waals surface area contributed by atoms with Gasteiger partial charge in [-0.25, -0.2) is 8.42 Å². The van der Waals surface area contributed by atoms with Gasteiger partial charge in [-0.3, -0.25) is 4.79 Å². The van der Waals surface area contributed by atoms with Crippen LogP contribution in [0.4, 0.5) is 5.69 Å². The number of piperidine rings is 1. The highest BCUT2D eigenvalue weighted by atomic mass is 35.5. The number of nitrogens with one attached hydrogen (secondary N) is 1. The first kappa shape index (κ1) is 20.1. The maximum atomic E-state index is 12.6. The molecule has 27 heavy (non-hydrogen) atoms. The Morgan fingerprint density at radius 1 is 1.44 bits per heavy atom. The van der Waals surface area contributed by atoms with E-state index in [4.69, 9.17) is 16.4 Å². The van der Waals surface area contributed by atoms with E-state index >= 15 is 0 Å². The number of oxime groups is 1. The fourth-order valence-corrected chi connectivity index (χ4v) is 5.54. The van der Waals surface area contributed by atoms with E-state index in [1.165, 1.54) is 4.31 Å². The van der Waals surface area contributed by atoms with Crippen molar-refractivity contribution < 1.29 is 18.0 Å². The molecule has 1 saturated heterocycles. The lowest BCUT2D eigenvalue weighted by Crippen LogP contribution is -2.51. The summed E-state index contributed by atoms with van der Waals surface area (Å²) < 4.78 is 26.6. The number of amides is 1. The van der Waals surface area contributed by atoms with Crippen molar-refractivity contribution in [2.45, 2.75) is 38.7 Å². The Labute approximate surface area is 164 Å². The molecule has 1 aromatic rings. The van der Waals surface area contributed by atoms with Crippen LogP contribution in [0.1, 0.15) is 33.1 Å². The summed E-state index contributed by atoms with van der Waals surface area (Å²) >= 11 is 5.93. The fourth-order valence-electron chi connectivity index (χ4n) is 3.45. The van der Waals surface area contributed by atoms with Gasteiger partial charge in [-0.2, -0.15) is 4.31 Å². The maximum absolute atomic E-state index is 12.6. The van der Waals surface area contributed by atoms with Gasteiger partial charge in [0.05, 0.1) is 12.3 Å². The lowest BCUT2D eigenvalue weighted by atomic mass is 9.89. The largest absolute Gasteiger partial charge is 0.387 e. The molecule has 2 aliphatic heterocycles. The van der Waals surface area contributed by atoms with Crippen LogP contribution < -0.4 is 5.32 Å². The number of rotatable bonds is 5. The number of benzene rings is 1. The molecule has 1 fully saturated rings. The Kier molecular flexibility index (Phi) is 5.79. The predicted octanol–water partition coefficient (Wildman–Crippen LogP) is 2.88. The highest BCUT2D eigenvalue weighted by molar-refractivity contribution is 7.89. The third-order valence-electron chi connectivity index (χ3n) is 4.63. The number of halogens is 1. The van der Waals surface area contributed by atoms with E-state index in [2.05, 4.69) is 10.5 Å². The number of sulfonamides is 1. The molecule has 3 rings (SSSR count). The van der Waals surface area contributed by atoms with Crippen molar-refractivity contribution in [2.75, 3.05) is 24.2 Å². The zero-order chi connectivity index (χ0) is 19.7. The van der Waals surface area contributed by atoms with Gasteiger partial charge in [0.1, 0.15) is 5.71 Å². The van der Waals surface area contributed by atoms with Crippen LogP contribution in [0.2, 0.25) is 5.02 Å². The highest BCUT2D eigenvalue weighted by Crippen LogP contribution is 2.35. The molecule has 0 aliphatic carbocycles. The number of anilines is 1. The van der Waals surface area contributed by atoms with Crippen molar-refractivity contribution >= 4 is 38.9 Å². The number of nitrogens with zero attached hydrogens (tertiary/aromatic N) is 2. The monoisotopic (exact) mass is 413 g/mol. The van der Waals surface area contributed by atoms with Gasteiger partial charge in [0, 0.05) is 23.7 Å². The number of carbonyl (C=O) groups is 1. The molecular weight excluding hydrogens is 390 g/mol. The van der Waals surface area contributed by atoms with E-state index in [0.29, 0.717) is 30.1 Å². The highest BCUT2D eigenvalue weighted by Gasteiger charge is 2.47. The van der Waals surface area contributed by atoms with E-state index in [1.54, 1.807) is 24.3 Å². The van der Waals surface area contributed by atoms with E-state index in [9.17, 15) is 13.2 Å². The maximum Gasteiger partial charge on any atom is 0.273 e. The standard InChI is InChI=1S/C18H24ClN3O4S/c1-13(2)11-27(24,25)22-8-4-7-18(12-22)10-16(21-26-18)17(23)20-15-6-3-5-14(19)9-15/h3,5-6,9,13H,4,7-8,10-12H2,1-2H3,(H,20,23)/t18-/m0/s1. The molecule has 0 saturated carbocycles. The molecule has 0 bridgehead atoms. The topological polar surface area (TPSA) is 88.1 Å². The van der Waals surface area contributed by atoms with Crippen LogP contribution in [-0.2, 0) is 19.7 Å². The molecule has 2 aliphatic rings. The van der Waals surface area contributed by atoms with E-state index < -0.39 is 15.6 Å². The average Bonchev–Trinajstić information content (AvgIpc) is 2.97. The summed E-state index contributed by atoms with van der Waals surface area (Å²) in [6.07, 6.45) is 1.63. The molecule has 7 nitrogen and oxygen atoms in total. The van der Waals surface area contributed by atoms with E-state index in [-0.39, 0.29) is 36.3 Å². The lowest BCUT2D eigenvalue weighted by Gasteiger charge is -2.37. The Morgan fingerprint density at radius 3 is 2.93 bits per heavy atom. The zero-order valence-electron chi connectivity index (χ0n) is 15.4. The second-order valence-corrected chi connectivity index (χ2v) is 10.0. The second kappa shape index (κ2) is 7.77. The Morgan fingerprint density at radius 2 is 2.22 bits per heavy atom. The molecule has 1 N–H and O–H groups in total. The Balaban J connectivity index is 1.65. The van der Waals surface area contributed by atoms with Gasteiger partial charge < -0.3 is 10.2 Å². The zero-order valence-corrected chi connectivity index (χ0v) is 17.0. The first-order chi connectivity index (χ1) is 12.7. The van der Waals surface area contributed by atoms with Crippen LogP contribution in [0.3, 0.4) is 0 Å². The number of hydrogen-bond acceptors (Lipinski definition) is 5. The van der Waals surface area contributed by atoms with Gasteiger partial charge in [-0.05, 0) is 37.0 Å². The van der Waals surface area contributed by atoms with Crippen molar-refractivity contribution in [3.8, 4) is 0 Å². The summed E-state index contributed by atoms with van der Waals surface area (Å²) in [5, 5.41) is 7.23. The Hall–Kier alpha value is -1.64.